The molecule has 2 aromatic carbocycles. The molecule has 198 valence electrons. The van der Waals surface area contributed by atoms with Crippen LogP contribution in [-0.4, -0.2) is 54.3 Å². The van der Waals surface area contributed by atoms with Crippen LogP contribution in [0.5, 0.6) is 11.5 Å². The van der Waals surface area contributed by atoms with Crippen LogP contribution in [0, 0.1) is 17.8 Å². The summed E-state index contributed by atoms with van der Waals surface area (Å²) in [6.07, 6.45) is 2.50. The largest absolute Gasteiger partial charge is 0.507 e. The predicted octanol–water partition coefficient (Wildman–Crippen LogP) is 4.74. The molecule has 3 aliphatic rings. The molecule has 0 aromatic heterocycles. The number of allylic oxidation sites excluding steroid dienone is 1. The van der Waals surface area contributed by atoms with Crippen molar-refractivity contribution in [2.24, 2.45) is 17.8 Å². The van der Waals surface area contributed by atoms with Crippen molar-refractivity contribution in [1.29, 1.82) is 0 Å². The van der Waals surface area contributed by atoms with Gasteiger partial charge in [0.05, 0.1) is 31.7 Å². The number of nitrogens with zero attached hydrogens (tertiary/aromatic N) is 1. The Kier molecular flexibility index (Phi) is 7.33. The van der Waals surface area contributed by atoms with E-state index in [1.165, 1.54) is 0 Å². The maximum atomic E-state index is 13.2. The normalized spacial score (nSPS) is 24.9. The molecule has 8 nitrogen and oxygen atoms in total. The fourth-order valence-corrected chi connectivity index (χ4v) is 5.87. The monoisotopic (exact) mass is 517 g/mol. The highest BCUT2D eigenvalue weighted by Gasteiger charge is 2.59. The minimum absolute atomic E-state index is 0.227. The number of fused-ring (bicyclic) bond motifs is 3. The highest BCUT2D eigenvalue weighted by molar-refractivity contribution is 6.16. The van der Waals surface area contributed by atoms with Crippen molar-refractivity contribution in [3.05, 3.63) is 76.9 Å². The van der Waals surface area contributed by atoms with Gasteiger partial charge >= 0.3 is 6.09 Å². The zero-order valence-corrected chi connectivity index (χ0v) is 21.5. The van der Waals surface area contributed by atoms with E-state index in [-0.39, 0.29) is 24.4 Å². The van der Waals surface area contributed by atoms with Crippen LogP contribution in [0.25, 0.3) is 6.08 Å². The smallest absolute Gasteiger partial charge is 0.423 e. The van der Waals surface area contributed by atoms with Crippen molar-refractivity contribution in [3.8, 4) is 11.5 Å². The van der Waals surface area contributed by atoms with Crippen molar-refractivity contribution >= 4 is 24.0 Å². The van der Waals surface area contributed by atoms with Crippen molar-refractivity contribution < 1.29 is 33.7 Å². The number of carbonyl (C=O) groups excluding carboxylic acids is 3. The summed E-state index contributed by atoms with van der Waals surface area (Å²) in [6.45, 7) is 2.58. The maximum absolute atomic E-state index is 13.2. The topological polar surface area (TPSA) is 102 Å². The first-order chi connectivity index (χ1) is 18.4. The number of phenolic OH excluding ortho intramolecular Hbond substituents is 1. The van der Waals surface area contributed by atoms with Gasteiger partial charge in [-0.3, -0.25) is 9.59 Å². The lowest BCUT2D eigenvalue weighted by Crippen LogP contribution is -2.38. The number of hydrogen-bond donors (Lipinski definition) is 1. The molecule has 0 saturated carbocycles. The van der Waals surface area contributed by atoms with E-state index in [2.05, 4.69) is 0 Å². The van der Waals surface area contributed by atoms with Crippen molar-refractivity contribution in [2.75, 3.05) is 20.3 Å². The van der Waals surface area contributed by atoms with Crippen LogP contribution < -0.4 is 4.74 Å². The van der Waals surface area contributed by atoms with E-state index in [0.29, 0.717) is 30.1 Å². The first-order valence-electron chi connectivity index (χ1n) is 12.8. The lowest BCUT2D eigenvalue weighted by molar-refractivity contribution is -0.137. The van der Waals surface area contributed by atoms with Gasteiger partial charge in [0.1, 0.15) is 18.1 Å². The van der Waals surface area contributed by atoms with Gasteiger partial charge < -0.3 is 19.3 Å². The number of aromatic hydroxyl groups is 1. The Morgan fingerprint density at radius 1 is 1.08 bits per heavy atom. The number of rotatable bonds is 7. The Bertz CT molecular complexity index is 1300. The van der Waals surface area contributed by atoms with Gasteiger partial charge in [-0.1, -0.05) is 48.0 Å². The summed E-state index contributed by atoms with van der Waals surface area (Å²) in [6, 6.07) is 16.6. The minimum atomic E-state index is -0.946. The molecule has 3 amide bonds. The molecule has 0 unspecified atom stereocenters. The van der Waals surface area contributed by atoms with Crippen LogP contribution >= 0.6 is 0 Å². The molecule has 1 aliphatic carbocycles. The summed E-state index contributed by atoms with van der Waals surface area (Å²) in [4.78, 5) is 39.3. The molecule has 2 aromatic rings. The predicted molar refractivity (Wildman–Crippen MR) is 139 cm³/mol. The van der Waals surface area contributed by atoms with E-state index in [9.17, 15) is 19.5 Å². The number of likely N-dealkylation sites (tertiary alicyclic amines) is 1. The van der Waals surface area contributed by atoms with Crippen molar-refractivity contribution in [3.63, 3.8) is 0 Å². The van der Waals surface area contributed by atoms with Gasteiger partial charge in [-0.05, 0) is 55.5 Å². The molecule has 2 saturated heterocycles. The maximum Gasteiger partial charge on any atom is 0.423 e. The number of para-hydroxylation sites is 2. The molecular formula is C30H31NO7. The van der Waals surface area contributed by atoms with Gasteiger partial charge in [0, 0.05) is 11.5 Å². The Balaban J connectivity index is 1.40. The molecule has 2 heterocycles. The molecule has 4 atom stereocenters. The van der Waals surface area contributed by atoms with Crippen LogP contribution in [0.3, 0.4) is 0 Å². The van der Waals surface area contributed by atoms with Gasteiger partial charge in [0.25, 0.3) is 0 Å². The molecule has 8 heteroatoms. The number of benzene rings is 2. The van der Waals surface area contributed by atoms with Gasteiger partial charge in [-0.25, -0.2) is 4.79 Å². The molecule has 5 rings (SSSR count). The first kappa shape index (κ1) is 25.7. The van der Waals surface area contributed by atoms with Gasteiger partial charge in [0.15, 0.2) is 0 Å². The Morgan fingerprint density at radius 3 is 2.55 bits per heavy atom. The zero-order valence-electron chi connectivity index (χ0n) is 21.5. The fourth-order valence-electron chi connectivity index (χ4n) is 5.87. The number of methoxy groups -OCH3 is 1. The molecule has 0 radical (unpaired) electrons. The van der Waals surface area contributed by atoms with Crippen molar-refractivity contribution in [2.45, 2.75) is 32.3 Å². The van der Waals surface area contributed by atoms with Crippen LogP contribution in [0.1, 0.15) is 31.7 Å². The Labute approximate surface area is 221 Å². The molecule has 2 fully saturated rings. The number of imide groups is 3. The average molecular weight is 518 g/mol. The number of carbonyl (C=O) groups is 3. The SMILES string of the molecule is COC(=O)N1C(=O)[C@@H]2[C@@H](CC(COc3ccccc3)=C3[C@@H](CC/C(C)=C/c4ccccc4O)OC[C@@H]32)C1=O. The number of ether oxygens (including phenoxy) is 3. The molecule has 1 N–H and O–H groups in total. The van der Waals surface area contributed by atoms with E-state index >= 15 is 0 Å². The molecular weight excluding hydrogens is 486 g/mol. The highest BCUT2D eigenvalue weighted by atomic mass is 16.5. The third-order valence-corrected chi connectivity index (χ3v) is 7.66. The van der Waals surface area contributed by atoms with Gasteiger partial charge in [-0.15, -0.1) is 0 Å². The summed E-state index contributed by atoms with van der Waals surface area (Å²) in [7, 11) is 1.16. The summed E-state index contributed by atoms with van der Waals surface area (Å²) in [5, 5.41) is 10.1. The van der Waals surface area contributed by atoms with Gasteiger partial charge in [0.2, 0.25) is 11.8 Å². The lowest BCUT2D eigenvalue weighted by atomic mass is 9.69. The van der Waals surface area contributed by atoms with E-state index in [4.69, 9.17) is 14.2 Å². The second-order valence-electron chi connectivity index (χ2n) is 10.00. The van der Waals surface area contributed by atoms with Gasteiger partial charge in [-0.2, -0.15) is 4.90 Å². The third kappa shape index (κ3) is 4.84. The second-order valence-corrected chi connectivity index (χ2v) is 10.00. The first-order valence-corrected chi connectivity index (χ1v) is 12.8. The van der Waals surface area contributed by atoms with E-state index in [1.807, 2.05) is 55.5 Å². The van der Waals surface area contributed by atoms with E-state index in [1.54, 1.807) is 12.1 Å². The summed E-state index contributed by atoms with van der Waals surface area (Å²) in [5.41, 5.74) is 3.78. The Hall–Kier alpha value is -3.91. The molecule has 2 aliphatic heterocycles. The van der Waals surface area contributed by atoms with Crippen LogP contribution in [-0.2, 0) is 19.1 Å². The highest BCUT2D eigenvalue weighted by Crippen LogP contribution is 2.50. The van der Waals surface area contributed by atoms with E-state index < -0.39 is 29.7 Å². The fraction of sp³-hybridized carbons (Fsp3) is 0.367. The minimum Gasteiger partial charge on any atom is -0.507 e. The molecule has 38 heavy (non-hydrogen) atoms. The Morgan fingerprint density at radius 2 is 1.82 bits per heavy atom. The number of amides is 3. The van der Waals surface area contributed by atoms with Crippen LogP contribution in [0.15, 0.2) is 71.3 Å². The molecule has 0 spiro atoms. The third-order valence-electron chi connectivity index (χ3n) is 7.66. The standard InChI is InChI=1S/C30H31NO7/c1-18(14-19-8-6-7-11-24(19)32)12-13-25-26-20(16-37-21-9-4-3-5-10-21)15-22-27(23(26)17-38-25)29(34)31(28(22)33)30(35)36-2/h3-11,14,22-23,25,27,32H,12-13,15-17H2,1-2H3/b18-14+/t22-,23+,25-,27-/m1/s1. The molecule has 0 bridgehead atoms. The van der Waals surface area contributed by atoms with E-state index in [0.717, 1.165) is 35.8 Å². The quantitative estimate of drug-likeness (QED) is 0.418. The summed E-state index contributed by atoms with van der Waals surface area (Å²) in [5.74, 6) is -1.70. The summed E-state index contributed by atoms with van der Waals surface area (Å²) < 4.78 is 17.0. The summed E-state index contributed by atoms with van der Waals surface area (Å²) >= 11 is 0. The zero-order chi connectivity index (χ0) is 26.8. The van der Waals surface area contributed by atoms with Crippen LogP contribution in [0.2, 0.25) is 0 Å². The van der Waals surface area contributed by atoms with Crippen molar-refractivity contribution in [1.82, 2.24) is 4.90 Å². The lowest BCUT2D eigenvalue weighted by Gasteiger charge is -2.31. The van der Waals surface area contributed by atoms with Crippen LogP contribution in [0.4, 0.5) is 4.79 Å². The number of phenols is 1. The average Bonchev–Trinajstić information content (AvgIpc) is 3.46. The second kappa shape index (κ2) is 10.8. The number of hydrogen-bond acceptors (Lipinski definition) is 7.